The molecule has 1 amide bonds. The number of nitrogens with zero attached hydrogens (tertiary/aromatic N) is 5. The Morgan fingerprint density at radius 1 is 1.21 bits per heavy atom. The van der Waals surface area contributed by atoms with E-state index in [1.54, 1.807) is 18.7 Å². The lowest BCUT2D eigenvalue weighted by Gasteiger charge is -2.39. The maximum Gasteiger partial charge on any atom is 0.254 e. The van der Waals surface area contributed by atoms with Gasteiger partial charge in [0.25, 0.3) is 5.91 Å². The second-order valence-corrected chi connectivity index (χ2v) is 9.41. The topological polar surface area (TPSA) is 108 Å². The van der Waals surface area contributed by atoms with Gasteiger partial charge in [0.05, 0.1) is 58.8 Å². The maximum absolute atomic E-state index is 12.6. The molecular weight excluding hydrogens is 418 g/mol. The number of fused-ring (bicyclic) bond motifs is 1. The van der Waals surface area contributed by atoms with Crippen molar-refractivity contribution >= 4 is 23.1 Å². The van der Waals surface area contributed by atoms with E-state index in [4.69, 9.17) is 0 Å². The summed E-state index contributed by atoms with van der Waals surface area (Å²) >= 11 is 0. The molecule has 0 radical (unpaired) electrons. The largest absolute Gasteiger partial charge is 0.390 e. The molecular formula is C24H29N7O2. The van der Waals surface area contributed by atoms with Crippen LogP contribution in [0, 0.1) is 5.92 Å². The Bertz CT molecular complexity index is 1180. The van der Waals surface area contributed by atoms with Crippen LogP contribution in [-0.4, -0.2) is 49.2 Å². The number of carbonyl (C=O) groups is 1. The highest BCUT2D eigenvalue weighted by molar-refractivity contribution is 6.05. The number of pyridine rings is 2. The van der Waals surface area contributed by atoms with E-state index in [0.717, 1.165) is 48.6 Å². The van der Waals surface area contributed by atoms with Crippen LogP contribution in [0.15, 0.2) is 37.1 Å². The molecule has 0 aromatic carbocycles. The van der Waals surface area contributed by atoms with Crippen LogP contribution < -0.4 is 15.5 Å². The van der Waals surface area contributed by atoms with Crippen LogP contribution in [0.5, 0.6) is 0 Å². The van der Waals surface area contributed by atoms with Gasteiger partial charge < -0.3 is 25.2 Å². The molecule has 2 aliphatic rings. The number of anilines is 3. The lowest BCUT2D eigenvalue weighted by atomic mass is 9.84. The number of aromatic nitrogens is 4. The minimum Gasteiger partial charge on any atom is -0.390 e. The number of carbonyl (C=O) groups excluding carboxylic acids is 1. The SMILES string of the molecule is Cn1cncc1-c1ncc(Nc2ccc(N3CCCC(C(C)(C)O)C3)cn2)c2c1CNC2=O. The number of nitrogens with one attached hydrogen (secondary N) is 2. The first-order valence-corrected chi connectivity index (χ1v) is 11.3. The van der Waals surface area contributed by atoms with E-state index in [1.807, 2.05) is 43.8 Å². The van der Waals surface area contributed by atoms with Gasteiger partial charge in [-0.2, -0.15) is 0 Å². The number of piperidine rings is 1. The molecule has 3 N–H and O–H groups in total. The molecule has 172 valence electrons. The van der Waals surface area contributed by atoms with Gasteiger partial charge in [-0.1, -0.05) is 0 Å². The molecule has 3 aromatic heterocycles. The van der Waals surface area contributed by atoms with Crippen LogP contribution in [0.2, 0.25) is 0 Å². The van der Waals surface area contributed by atoms with E-state index in [-0.39, 0.29) is 11.8 Å². The van der Waals surface area contributed by atoms with Crippen molar-refractivity contribution in [3.8, 4) is 11.4 Å². The van der Waals surface area contributed by atoms with Crippen molar-refractivity contribution in [2.24, 2.45) is 13.0 Å². The Morgan fingerprint density at radius 2 is 2.06 bits per heavy atom. The van der Waals surface area contributed by atoms with Crippen LogP contribution in [0.1, 0.15) is 42.6 Å². The highest BCUT2D eigenvalue weighted by Gasteiger charge is 2.32. The lowest BCUT2D eigenvalue weighted by Crippen LogP contribution is -2.44. The van der Waals surface area contributed by atoms with Gasteiger partial charge in [-0.15, -0.1) is 0 Å². The maximum atomic E-state index is 12.6. The van der Waals surface area contributed by atoms with Gasteiger partial charge in [-0.05, 0) is 38.8 Å². The zero-order chi connectivity index (χ0) is 23.2. The van der Waals surface area contributed by atoms with Crippen molar-refractivity contribution in [2.75, 3.05) is 23.3 Å². The minimum atomic E-state index is -0.691. The van der Waals surface area contributed by atoms with Crippen molar-refractivity contribution < 1.29 is 9.90 Å². The van der Waals surface area contributed by atoms with Crippen LogP contribution in [0.4, 0.5) is 17.2 Å². The van der Waals surface area contributed by atoms with Crippen molar-refractivity contribution in [1.82, 2.24) is 24.8 Å². The first-order valence-electron chi connectivity index (χ1n) is 11.3. The van der Waals surface area contributed by atoms with Crippen LogP contribution >= 0.6 is 0 Å². The third-order valence-corrected chi connectivity index (χ3v) is 6.69. The van der Waals surface area contributed by atoms with Crippen molar-refractivity contribution in [3.05, 3.63) is 48.2 Å². The molecule has 0 spiro atoms. The van der Waals surface area contributed by atoms with E-state index >= 15 is 0 Å². The van der Waals surface area contributed by atoms with Gasteiger partial charge in [0.1, 0.15) is 5.82 Å². The number of imidazole rings is 1. The molecule has 9 heteroatoms. The van der Waals surface area contributed by atoms with Gasteiger partial charge in [-0.25, -0.2) is 9.97 Å². The fourth-order valence-electron chi connectivity index (χ4n) is 4.72. The molecule has 1 saturated heterocycles. The minimum absolute atomic E-state index is 0.124. The van der Waals surface area contributed by atoms with Gasteiger partial charge in [0.2, 0.25) is 0 Å². The number of hydrogen-bond donors (Lipinski definition) is 3. The van der Waals surface area contributed by atoms with E-state index in [0.29, 0.717) is 23.6 Å². The predicted molar refractivity (Wildman–Crippen MR) is 126 cm³/mol. The van der Waals surface area contributed by atoms with Gasteiger partial charge in [0, 0.05) is 38.2 Å². The van der Waals surface area contributed by atoms with E-state index in [2.05, 4.69) is 30.5 Å². The first kappa shape index (κ1) is 21.4. The summed E-state index contributed by atoms with van der Waals surface area (Å²) in [7, 11) is 1.91. The summed E-state index contributed by atoms with van der Waals surface area (Å²) in [6.45, 7) is 5.96. The zero-order valence-corrected chi connectivity index (χ0v) is 19.2. The van der Waals surface area contributed by atoms with Crippen molar-refractivity contribution in [1.29, 1.82) is 0 Å². The molecule has 0 saturated carbocycles. The molecule has 1 atom stereocenters. The summed E-state index contributed by atoms with van der Waals surface area (Å²) in [5.41, 5.74) is 4.04. The monoisotopic (exact) mass is 447 g/mol. The molecule has 1 fully saturated rings. The number of aliphatic hydroxyl groups is 1. The second kappa shape index (κ2) is 8.15. The van der Waals surface area contributed by atoms with Crippen LogP contribution in [0.25, 0.3) is 11.4 Å². The third kappa shape index (κ3) is 4.04. The average Bonchev–Trinajstić information content (AvgIpc) is 3.40. The van der Waals surface area contributed by atoms with Crippen molar-refractivity contribution in [2.45, 2.75) is 38.8 Å². The number of amides is 1. The van der Waals surface area contributed by atoms with E-state index in [9.17, 15) is 9.90 Å². The third-order valence-electron chi connectivity index (χ3n) is 6.69. The Kier molecular flexibility index (Phi) is 5.28. The highest BCUT2D eigenvalue weighted by atomic mass is 16.3. The molecule has 0 aliphatic carbocycles. The predicted octanol–water partition coefficient (Wildman–Crippen LogP) is 2.85. The Labute approximate surface area is 192 Å². The molecule has 5 heterocycles. The Hall–Kier alpha value is -3.46. The summed E-state index contributed by atoms with van der Waals surface area (Å²) in [5, 5.41) is 16.6. The summed E-state index contributed by atoms with van der Waals surface area (Å²) in [5.74, 6) is 0.752. The first-order chi connectivity index (χ1) is 15.8. The second-order valence-electron chi connectivity index (χ2n) is 9.41. The Balaban J connectivity index is 1.38. The average molecular weight is 448 g/mol. The molecule has 1 unspecified atom stereocenters. The quantitative estimate of drug-likeness (QED) is 0.552. The van der Waals surface area contributed by atoms with Crippen LogP contribution in [-0.2, 0) is 13.6 Å². The van der Waals surface area contributed by atoms with Crippen LogP contribution in [0.3, 0.4) is 0 Å². The van der Waals surface area contributed by atoms with E-state index in [1.165, 1.54) is 0 Å². The fraction of sp³-hybridized carbons (Fsp3) is 0.417. The summed E-state index contributed by atoms with van der Waals surface area (Å²) in [6.07, 6.45) is 9.07. The van der Waals surface area contributed by atoms with E-state index < -0.39 is 5.60 Å². The number of hydrogen-bond acceptors (Lipinski definition) is 7. The summed E-state index contributed by atoms with van der Waals surface area (Å²) < 4.78 is 1.89. The Morgan fingerprint density at radius 3 is 2.76 bits per heavy atom. The molecule has 3 aromatic rings. The smallest absolute Gasteiger partial charge is 0.254 e. The fourth-order valence-corrected chi connectivity index (χ4v) is 4.72. The van der Waals surface area contributed by atoms with Gasteiger partial charge in [-0.3, -0.25) is 9.78 Å². The highest BCUT2D eigenvalue weighted by Crippen LogP contribution is 2.34. The van der Waals surface area contributed by atoms with Gasteiger partial charge >= 0.3 is 0 Å². The molecule has 5 rings (SSSR count). The molecule has 9 nitrogen and oxygen atoms in total. The lowest BCUT2D eigenvalue weighted by molar-refractivity contribution is 0.0110. The molecule has 2 aliphatic heterocycles. The van der Waals surface area contributed by atoms with Gasteiger partial charge in [0.15, 0.2) is 0 Å². The number of aryl methyl sites for hydroxylation is 1. The van der Waals surface area contributed by atoms with Crippen molar-refractivity contribution in [3.63, 3.8) is 0 Å². The standard InChI is InChI=1S/C24H29N7O2/c1-24(2,33)15-5-4-8-31(13-15)16-6-7-20(26-9-16)29-18-11-27-22(19-12-25-14-30(19)3)17-10-28-23(32)21(17)18/h6-7,9,11-12,14-15,33H,4-5,8,10,13H2,1-3H3,(H,26,29)(H,28,32). The number of rotatable bonds is 5. The summed E-state index contributed by atoms with van der Waals surface area (Å²) in [6, 6.07) is 3.94. The summed E-state index contributed by atoms with van der Waals surface area (Å²) in [4.78, 5) is 28.3. The molecule has 0 bridgehead atoms. The zero-order valence-electron chi connectivity index (χ0n) is 19.2. The molecule has 33 heavy (non-hydrogen) atoms. The normalized spacial score (nSPS) is 18.2.